The van der Waals surface area contributed by atoms with Crippen LogP contribution in [0.15, 0.2) is 53.4 Å². The molecule has 0 fully saturated rings. The van der Waals surface area contributed by atoms with Gasteiger partial charge in [0.1, 0.15) is 5.56 Å². The summed E-state index contributed by atoms with van der Waals surface area (Å²) in [5.74, 6) is -0.649. The van der Waals surface area contributed by atoms with E-state index in [4.69, 9.17) is 0 Å². The van der Waals surface area contributed by atoms with E-state index in [1.54, 1.807) is 18.2 Å². The van der Waals surface area contributed by atoms with Gasteiger partial charge in [0, 0.05) is 26.7 Å². The van der Waals surface area contributed by atoms with E-state index in [9.17, 15) is 23.3 Å². The number of para-hydroxylation sites is 1. The molecule has 2 aromatic carbocycles. The van der Waals surface area contributed by atoms with Gasteiger partial charge in [-0.3, -0.25) is 14.9 Å². The minimum absolute atomic E-state index is 0.0721. The summed E-state index contributed by atoms with van der Waals surface area (Å²) in [5, 5.41) is 13.5. The molecule has 0 aliphatic rings. The number of nitro benzene ring substituents is 1. The molecule has 0 unspecified atom stereocenters. The zero-order valence-corrected chi connectivity index (χ0v) is 14.5. The first-order chi connectivity index (χ1) is 11.7. The van der Waals surface area contributed by atoms with Crippen LogP contribution in [0.4, 0.5) is 5.69 Å². The van der Waals surface area contributed by atoms with Gasteiger partial charge in [-0.05, 0) is 17.7 Å². The molecule has 0 saturated heterocycles. The molecule has 0 saturated carbocycles. The third-order valence-electron chi connectivity index (χ3n) is 3.52. The third kappa shape index (κ3) is 4.01. The van der Waals surface area contributed by atoms with E-state index in [0.29, 0.717) is 5.56 Å². The normalized spacial score (nSPS) is 11.3. The number of nitrogens with one attached hydrogen (secondary N) is 1. The van der Waals surface area contributed by atoms with Crippen LogP contribution in [0, 0.1) is 10.1 Å². The molecular formula is C16H17N3O5S. The number of amides is 1. The molecule has 0 spiro atoms. The summed E-state index contributed by atoms with van der Waals surface area (Å²) in [6.45, 7) is -0.0753. The van der Waals surface area contributed by atoms with Gasteiger partial charge < -0.3 is 5.32 Å². The molecule has 0 radical (unpaired) electrons. The molecule has 0 atom stereocenters. The Labute approximate surface area is 145 Å². The summed E-state index contributed by atoms with van der Waals surface area (Å²) in [5.41, 5.74) is -0.00206. The number of hydrogen-bond acceptors (Lipinski definition) is 5. The topological polar surface area (TPSA) is 110 Å². The van der Waals surface area contributed by atoms with Crippen molar-refractivity contribution in [1.82, 2.24) is 9.62 Å². The molecule has 25 heavy (non-hydrogen) atoms. The molecule has 0 heterocycles. The fourth-order valence-electron chi connectivity index (χ4n) is 2.19. The molecule has 0 aliphatic heterocycles. The molecule has 0 aliphatic carbocycles. The second-order valence-electron chi connectivity index (χ2n) is 5.35. The smallest absolute Gasteiger partial charge is 0.282 e. The molecule has 2 rings (SSSR count). The number of benzene rings is 2. The number of sulfonamides is 1. The van der Waals surface area contributed by atoms with Crippen LogP contribution in [-0.2, 0) is 16.6 Å². The van der Waals surface area contributed by atoms with Crippen LogP contribution < -0.4 is 5.32 Å². The van der Waals surface area contributed by atoms with Crippen LogP contribution in [0.5, 0.6) is 0 Å². The number of hydrogen-bond donors (Lipinski definition) is 1. The van der Waals surface area contributed by atoms with Gasteiger partial charge in [-0.25, -0.2) is 12.7 Å². The largest absolute Gasteiger partial charge is 0.348 e. The van der Waals surface area contributed by atoms with Crippen molar-refractivity contribution in [2.24, 2.45) is 0 Å². The monoisotopic (exact) mass is 363 g/mol. The fraction of sp³-hybridized carbons (Fsp3) is 0.188. The zero-order valence-electron chi connectivity index (χ0n) is 13.7. The minimum Gasteiger partial charge on any atom is -0.348 e. The fourth-order valence-corrected chi connectivity index (χ4v) is 3.31. The summed E-state index contributed by atoms with van der Waals surface area (Å²) >= 11 is 0. The molecule has 132 valence electrons. The van der Waals surface area contributed by atoms with Crippen molar-refractivity contribution in [2.45, 2.75) is 11.4 Å². The Hall–Kier alpha value is -2.78. The van der Waals surface area contributed by atoms with Crippen molar-refractivity contribution >= 4 is 21.6 Å². The van der Waals surface area contributed by atoms with Gasteiger partial charge in [0.25, 0.3) is 11.6 Å². The molecule has 1 amide bonds. The van der Waals surface area contributed by atoms with Gasteiger partial charge in [-0.15, -0.1) is 0 Å². The van der Waals surface area contributed by atoms with Crippen LogP contribution in [0.25, 0.3) is 0 Å². The van der Waals surface area contributed by atoms with Crippen LogP contribution >= 0.6 is 0 Å². The molecular weight excluding hydrogens is 346 g/mol. The number of carbonyl (C=O) groups is 1. The van der Waals surface area contributed by atoms with Gasteiger partial charge in [0.15, 0.2) is 0 Å². The highest BCUT2D eigenvalue weighted by molar-refractivity contribution is 7.89. The number of rotatable bonds is 6. The van der Waals surface area contributed by atoms with Crippen LogP contribution in [-0.4, -0.2) is 37.6 Å². The Kier molecular flexibility index (Phi) is 5.50. The van der Waals surface area contributed by atoms with Gasteiger partial charge >= 0.3 is 0 Å². The first-order valence-corrected chi connectivity index (χ1v) is 8.71. The lowest BCUT2D eigenvalue weighted by Crippen LogP contribution is -2.27. The van der Waals surface area contributed by atoms with E-state index in [1.165, 1.54) is 44.4 Å². The molecule has 1 N–H and O–H groups in total. The summed E-state index contributed by atoms with van der Waals surface area (Å²) in [4.78, 5) is 22.7. The van der Waals surface area contributed by atoms with Crippen LogP contribution in [0.3, 0.4) is 0 Å². The third-order valence-corrected chi connectivity index (χ3v) is 5.43. The van der Waals surface area contributed by atoms with Crippen LogP contribution in [0.1, 0.15) is 15.9 Å². The Morgan fingerprint density at radius 2 is 1.72 bits per heavy atom. The quantitative estimate of drug-likeness (QED) is 0.621. The number of nitrogens with zero attached hydrogens (tertiary/aromatic N) is 2. The maximum absolute atomic E-state index is 12.3. The average Bonchev–Trinajstić information content (AvgIpc) is 2.59. The van der Waals surface area contributed by atoms with E-state index >= 15 is 0 Å². The van der Waals surface area contributed by atoms with Gasteiger partial charge in [0.2, 0.25) is 10.0 Å². The Morgan fingerprint density at radius 3 is 2.36 bits per heavy atom. The van der Waals surface area contributed by atoms with Crippen LogP contribution in [0.2, 0.25) is 0 Å². The summed E-state index contributed by atoms with van der Waals surface area (Å²) in [7, 11) is -0.838. The summed E-state index contributed by atoms with van der Waals surface area (Å²) in [6.07, 6.45) is 0. The molecule has 8 nitrogen and oxygen atoms in total. The van der Waals surface area contributed by atoms with Gasteiger partial charge in [-0.1, -0.05) is 30.3 Å². The van der Waals surface area contributed by atoms with Crippen molar-refractivity contribution in [3.05, 3.63) is 69.8 Å². The predicted octanol–water partition coefficient (Wildman–Crippen LogP) is 1.78. The number of carbonyl (C=O) groups excluding carboxylic acids is 1. The average molecular weight is 363 g/mol. The lowest BCUT2D eigenvalue weighted by Gasteiger charge is -2.15. The SMILES string of the molecule is CN(C)S(=O)(=O)c1ccccc1CNC(=O)c1ccccc1[N+](=O)[O-]. The van der Waals surface area contributed by atoms with Gasteiger partial charge in [-0.2, -0.15) is 0 Å². The summed E-state index contributed by atoms with van der Waals surface area (Å²) in [6, 6.07) is 11.8. The van der Waals surface area contributed by atoms with E-state index in [-0.39, 0.29) is 22.7 Å². The highest BCUT2D eigenvalue weighted by atomic mass is 32.2. The van der Waals surface area contributed by atoms with E-state index in [0.717, 1.165) is 4.31 Å². The molecule has 2 aromatic rings. The first-order valence-electron chi connectivity index (χ1n) is 7.27. The standard InChI is InChI=1S/C16H17N3O5S/c1-18(2)25(23,24)15-10-6-3-7-12(15)11-17-16(20)13-8-4-5-9-14(13)19(21)22/h3-10H,11H2,1-2H3,(H,17,20). The van der Waals surface area contributed by atoms with E-state index in [1.807, 2.05) is 0 Å². The second-order valence-corrected chi connectivity index (χ2v) is 7.47. The van der Waals surface area contributed by atoms with Crippen molar-refractivity contribution in [1.29, 1.82) is 0 Å². The van der Waals surface area contributed by atoms with Crippen molar-refractivity contribution in [2.75, 3.05) is 14.1 Å². The van der Waals surface area contributed by atoms with E-state index < -0.39 is 20.9 Å². The highest BCUT2D eigenvalue weighted by Gasteiger charge is 2.22. The maximum Gasteiger partial charge on any atom is 0.282 e. The lowest BCUT2D eigenvalue weighted by molar-refractivity contribution is -0.385. The lowest BCUT2D eigenvalue weighted by atomic mass is 10.1. The Balaban J connectivity index is 2.26. The van der Waals surface area contributed by atoms with Crippen molar-refractivity contribution in [3.63, 3.8) is 0 Å². The van der Waals surface area contributed by atoms with Gasteiger partial charge in [0.05, 0.1) is 9.82 Å². The van der Waals surface area contributed by atoms with Crippen molar-refractivity contribution in [3.8, 4) is 0 Å². The molecule has 9 heteroatoms. The van der Waals surface area contributed by atoms with Crippen molar-refractivity contribution < 1.29 is 18.1 Å². The molecule has 0 bridgehead atoms. The molecule has 0 aromatic heterocycles. The Bertz CT molecular complexity index is 909. The van der Waals surface area contributed by atoms with E-state index in [2.05, 4.69) is 5.32 Å². The minimum atomic E-state index is -3.67. The predicted molar refractivity (Wildman–Crippen MR) is 91.6 cm³/mol. The first kappa shape index (κ1) is 18.6. The maximum atomic E-state index is 12.3. The number of nitro groups is 1. The Morgan fingerprint density at radius 1 is 1.12 bits per heavy atom. The summed E-state index contributed by atoms with van der Waals surface area (Å²) < 4.78 is 25.7. The second kappa shape index (κ2) is 7.41. The zero-order chi connectivity index (χ0) is 18.6. The highest BCUT2D eigenvalue weighted by Crippen LogP contribution is 2.20.